The summed E-state index contributed by atoms with van der Waals surface area (Å²) in [6.07, 6.45) is 3.14. The van der Waals surface area contributed by atoms with Crippen molar-refractivity contribution in [2.24, 2.45) is 7.05 Å². The third kappa shape index (κ3) is 4.45. The minimum atomic E-state index is -0.486. The molecule has 0 aliphatic carbocycles. The van der Waals surface area contributed by atoms with E-state index < -0.39 is 17.7 Å². The highest BCUT2D eigenvalue weighted by molar-refractivity contribution is 9.10. The van der Waals surface area contributed by atoms with Crippen molar-refractivity contribution in [3.8, 4) is 0 Å². The molecule has 0 fully saturated rings. The van der Waals surface area contributed by atoms with Crippen molar-refractivity contribution in [1.82, 2.24) is 15.4 Å². The van der Waals surface area contributed by atoms with Crippen molar-refractivity contribution in [3.63, 3.8) is 0 Å². The van der Waals surface area contributed by atoms with Gasteiger partial charge < -0.3 is 14.3 Å². The van der Waals surface area contributed by atoms with Crippen LogP contribution in [0, 0.1) is 0 Å². The second-order valence-electron chi connectivity index (χ2n) is 5.57. The second kappa shape index (κ2) is 7.92. The molecule has 0 atom stereocenters. The molecule has 0 radical (unpaired) electrons. The molecule has 2 aromatic heterocycles. The van der Waals surface area contributed by atoms with E-state index >= 15 is 0 Å². The van der Waals surface area contributed by atoms with Gasteiger partial charge in [0.25, 0.3) is 17.7 Å². The third-order valence-corrected chi connectivity index (χ3v) is 4.08. The SMILES string of the molecule is Cn1cc(Br)cc1C(=O)NNC(=O)c1ccc(NC(=O)c2ccco2)cc1. The van der Waals surface area contributed by atoms with Crippen molar-refractivity contribution in [3.05, 3.63) is 76.4 Å². The summed E-state index contributed by atoms with van der Waals surface area (Å²) in [4.78, 5) is 36.1. The zero-order valence-corrected chi connectivity index (χ0v) is 15.7. The van der Waals surface area contributed by atoms with Crippen LogP contribution in [0.4, 0.5) is 5.69 Å². The van der Waals surface area contributed by atoms with Gasteiger partial charge in [-0.1, -0.05) is 0 Å². The van der Waals surface area contributed by atoms with Gasteiger partial charge in [-0.05, 0) is 58.4 Å². The normalized spacial score (nSPS) is 10.3. The monoisotopic (exact) mass is 430 g/mol. The molecule has 0 aliphatic heterocycles. The predicted octanol–water partition coefficient (Wildman–Crippen LogP) is 2.71. The van der Waals surface area contributed by atoms with Gasteiger partial charge in [0.05, 0.1) is 6.26 Å². The van der Waals surface area contributed by atoms with E-state index in [2.05, 4.69) is 32.1 Å². The molecule has 0 saturated heterocycles. The molecule has 3 amide bonds. The van der Waals surface area contributed by atoms with Crippen molar-refractivity contribution >= 4 is 39.3 Å². The second-order valence-corrected chi connectivity index (χ2v) is 6.49. The smallest absolute Gasteiger partial charge is 0.291 e. The molecular formula is C18H15BrN4O4. The number of nitrogens with one attached hydrogen (secondary N) is 3. The summed E-state index contributed by atoms with van der Waals surface area (Å²) in [5.74, 6) is -1.13. The molecule has 138 valence electrons. The van der Waals surface area contributed by atoms with Gasteiger partial charge in [0.15, 0.2) is 5.76 Å². The molecule has 0 saturated carbocycles. The number of halogens is 1. The molecule has 27 heavy (non-hydrogen) atoms. The van der Waals surface area contributed by atoms with Crippen LogP contribution in [-0.4, -0.2) is 22.3 Å². The molecule has 1 aromatic carbocycles. The van der Waals surface area contributed by atoms with E-state index in [0.29, 0.717) is 16.9 Å². The molecule has 0 unspecified atom stereocenters. The molecule has 0 aliphatic rings. The minimum Gasteiger partial charge on any atom is -0.459 e. The van der Waals surface area contributed by atoms with Crippen LogP contribution in [0.1, 0.15) is 31.4 Å². The van der Waals surface area contributed by atoms with E-state index in [-0.39, 0.29) is 5.76 Å². The Bertz CT molecular complexity index is 977. The Morgan fingerprint density at radius 3 is 2.30 bits per heavy atom. The maximum atomic E-state index is 12.1. The molecule has 3 N–H and O–H groups in total. The fourth-order valence-electron chi connectivity index (χ4n) is 2.31. The first-order valence-corrected chi connectivity index (χ1v) is 8.61. The lowest BCUT2D eigenvalue weighted by Crippen LogP contribution is -2.42. The van der Waals surface area contributed by atoms with Crippen LogP contribution < -0.4 is 16.2 Å². The van der Waals surface area contributed by atoms with Crippen LogP contribution >= 0.6 is 15.9 Å². The summed E-state index contributed by atoms with van der Waals surface area (Å²) in [6.45, 7) is 0. The van der Waals surface area contributed by atoms with Crippen molar-refractivity contribution in [1.29, 1.82) is 0 Å². The lowest BCUT2D eigenvalue weighted by Gasteiger charge is -2.09. The quantitative estimate of drug-likeness (QED) is 0.553. The lowest BCUT2D eigenvalue weighted by atomic mass is 10.2. The van der Waals surface area contributed by atoms with Crippen molar-refractivity contribution < 1.29 is 18.8 Å². The Hall–Kier alpha value is -3.33. The van der Waals surface area contributed by atoms with Gasteiger partial charge in [0, 0.05) is 29.0 Å². The molecule has 0 bridgehead atoms. The number of hydrazine groups is 1. The molecule has 0 spiro atoms. The Morgan fingerprint density at radius 2 is 1.70 bits per heavy atom. The summed E-state index contributed by atoms with van der Waals surface area (Å²) >= 11 is 3.28. The zero-order chi connectivity index (χ0) is 19.4. The van der Waals surface area contributed by atoms with Crippen LogP contribution in [0.5, 0.6) is 0 Å². The minimum absolute atomic E-state index is 0.187. The Labute approximate surface area is 162 Å². The number of rotatable bonds is 4. The lowest BCUT2D eigenvalue weighted by molar-refractivity contribution is 0.0842. The van der Waals surface area contributed by atoms with Gasteiger partial charge in [0.2, 0.25) is 0 Å². The predicted molar refractivity (Wildman–Crippen MR) is 101 cm³/mol. The number of furan rings is 1. The number of aromatic nitrogens is 1. The first kappa shape index (κ1) is 18.5. The van der Waals surface area contributed by atoms with Crippen LogP contribution in [-0.2, 0) is 7.05 Å². The standard InChI is InChI=1S/C18H15BrN4O4/c1-23-10-12(19)9-14(23)17(25)22-21-16(24)11-4-6-13(7-5-11)20-18(26)15-3-2-8-27-15/h2-10H,1H3,(H,20,26)(H,21,24)(H,22,25). The van der Waals surface area contributed by atoms with Gasteiger partial charge in [0.1, 0.15) is 5.69 Å². The molecule has 9 heteroatoms. The van der Waals surface area contributed by atoms with Gasteiger partial charge in [-0.25, -0.2) is 0 Å². The van der Waals surface area contributed by atoms with Crippen LogP contribution in [0.15, 0.2) is 63.8 Å². The van der Waals surface area contributed by atoms with Gasteiger partial charge in [-0.15, -0.1) is 0 Å². The maximum Gasteiger partial charge on any atom is 0.291 e. The highest BCUT2D eigenvalue weighted by Crippen LogP contribution is 2.14. The number of hydrogen-bond donors (Lipinski definition) is 3. The van der Waals surface area contributed by atoms with Crippen LogP contribution in [0.25, 0.3) is 0 Å². The fraction of sp³-hybridized carbons (Fsp3) is 0.0556. The number of aryl methyl sites for hydroxylation is 1. The summed E-state index contributed by atoms with van der Waals surface area (Å²) in [7, 11) is 1.72. The fourth-order valence-corrected chi connectivity index (χ4v) is 2.83. The molecule has 8 nitrogen and oxygen atoms in total. The number of carbonyl (C=O) groups excluding carboxylic acids is 3. The number of hydrogen-bond acceptors (Lipinski definition) is 4. The van der Waals surface area contributed by atoms with Crippen LogP contribution in [0.3, 0.4) is 0 Å². The first-order chi connectivity index (χ1) is 12.9. The molecule has 3 rings (SSSR count). The Kier molecular flexibility index (Phi) is 5.41. The van der Waals surface area contributed by atoms with Crippen molar-refractivity contribution in [2.45, 2.75) is 0 Å². The topological polar surface area (TPSA) is 105 Å². The highest BCUT2D eigenvalue weighted by atomic mass is 79.9. The number of anilines is 1. The molecule has 3 aromatic rings. The Morgan fingerprint density at radius 1 is 1.00 bits per heavy atom. The third-order valence-electron chi connectivity index (χ3n) is 3.64. The van der Waals surface area contributed by atoms with Crippen molar-refractivity contribution in [2.75, 3.05) is 5.32 Å². The average Bonchev–Trinajstić information content (AvgIpc) is 3.29. The van der Waals surface area contributed by atoms with Gasteiger partial charge >= 0.3 is 0 Å². The van der Waals surface area contributed by atoms with E-state index in [4.69, 9.17) is 4.42 Å². The van der Waals surface area contributed by atoms with Crippen LogP contribution in [0.2, 0.25) is 0 Å². The maximum absolute atomic E-state index is 12.1. The zero-order valence-electron chi connectivity index (χ0n) is 14.2. The summed E-state index contributed by atoms with van der Waals surface area (Å²) in [6, 6.07) is 11.0. The van der Waals surface area contributed by atoms with E-state index in [1.54, 1.807) is 48.1 Å². The number of carbonyl (C=O) groups is 3. The summed E-state index contributed by atoms with van der Waals surface area (Å²) in [5, 5.41) is 2.65. The van der Waals surface area contributed by atoms with E-state index in [9.17, 15) is 14.4 Å². The number of amides is 3. The summed E-state index contributed by atoms with van der Waals surface area (Å²) in [5.41, 5.74) is 5.91. The highest BCUT2D eigenvalue weighted by Gasteiger charge is 2.13. The van der Waals surface area contributed by atoms with E-state index in [0.717, 1.165) is 4.47 Å². The molecule has 2 heterocycles. The van der Waals surface area contributed by atoms with Gasteiger partial charge in [-0.3, -0.25) is 25.2 Å². The number of nitrogens with zero attached hydrogens (tertiary/aromatic N) is 1. The summed E-state index contributed by atoms with van der Waals surface area (Å²) < 4.78 is 7.39. The van der Waals surface area contributed by atoms with E-state index in [1.165, 1.54) is 18.4 Å². The van der Waals surface area contributed by atoms with E-state index in [1.807, 2.05) is 0 Å². The largest absolute Gasteiger partial charge is 0.459 e. The number of benzene rings is 1. The Balaban J connectivity index is 1.56. The van der Waals surface area contributed by atoms with Gasteiger partial charge in [-0.2, -0.15) is 0 Å². The molecular weight excluding hydrogens is 416 g/mol. The average molecular weight is 431 g/mol. The first-order valence-electron chi connectivity index (χ1n) is 7.81.